The van der Waals surface area contributed by atoms with E-state index in [-0.39, 0.29) is 50.1 Å². The third-order valence-electron chi connectivity index (χ3n) is 9.27. The summed E-state index contributed by atoms with van der Waals surface area (Å²) in [5, 5.41) is 14.1. The van der Waals surface area contributed by atoms with Crippen LogP contribution >= 0.6 is 0 Å². The Labute approximate surface area is 274 Å². The number of rotatable bonds is 16. The molecule has 47 heavy (non-hydrogen) atoms. The number of hydrogen-bond acceptors (Lipinski definition) is 10. The van der Waals surface area contributed by atoms with E-state index in [2.05, 4.69) is 11.9 Å². The Bertz CT molecular complexity index is 1620. The van der Waals surface area contributed by atoms with E-state index in [1.807, 2.05) is 49.4 Å². The number of hydrogen-bond donors (Lipinski definition) is 2. The van der Waals surface area contributed by atoms with E-state index in [4.69, 9.17) is 28.9 Å². The smallest absolute Gasteiger partial charge is 0.307 e. The highest BCUT2D eigenvalue weighted by atomic mass is 16.5. The number of aliphatic carboxylic acids is 1. The SMILES string of the molecule is C=C[C@@H]1CC1CC(NCCC(=O)OCC)C(=O)[C@@H]1C[C@@H](Oc2nc(-c3ccc(OC)cc3)nc3c(C)c(OC)ccc23)C[C@H]1C(=O)O. The maximum Gasteiger partial charge on any atom is 0.307 e. The topological polar surface area (TPSA) is 146 Å². The molecule has 0 radical (unpaired) electrons. The van der Waals surface area contributed by atoms with Gasteiger partial charge in [0.15, 0.2) is 11.6 Å². The molecule has 1 aromatic heterocycles. The van der Waals surface area contributed by atoms with Gasteiger partial charge in [-0.3, -0.25) is 14.4 Å². The van der Waals surface area contributed by atoms with Gasteiger partial charge in [0.05, 0.1) is 50.1 Å². The van der Waals surface area contributed by atoms with Crippen molar-refractivity contribution in [1.29, 1.82) is 0 Å². The number of methoxy groups -OCH3 is 2. The van der Waals surface area contributed by atoms with Crippen molar-refractivity contribution in [2.45, 2.75) is 58.1 Å². The van der Waals surface area contributed by atoms with Gasteiger partial charge < -0.3 is 29.4 Å². The molecular formula is C36H43N3O8. The molecule has 2 unspecified atom stereocenters. The summed E-state index contributed by atoms with van der Waals surface area (Å²) in [6, 6.07) is 10.4. The summed E-state index contributed by atoms with van der Waals surface area (Å²) in [7, 11) is 3.19. The number of allylic oxidation sites excluding steroid dienone is 1. The van der Waals surface area contributed by atoms with Crippen LogP contribution in [-0.4, -0.2) is 72.3 Å². The van der Waals surface area contributed by atoms with Crippen LogP contribution in [0, 0.1) is 30.6 Å². The molecule has 6 atom stereocenters. The molecule has 11 heteroatoms. The minimum atomic E-state index is -1.04. The van der Waals surface area contributed by atoms with E-state index >= 15 is 0 Å². The van der Waals surface area contributed by atoms with E-state index in [0.29, 0.717) is 46.4 Å². The number of carboxylic acid groups (broad SMARTS) is 1. The molecule has 2 fully saturated rings. The van der Waals surface area contributed by atoms with Gasteiger partial charge in [-0.15, -0.1) is 6.58 Å². The zero-order valence-electron chi connectivity index (χ0n) is 27.4. The number of carbonyl (C=O) groups excluding carboxylic acids is 2. The molecule has 1 heterocycles. The first-order valence-corrected chi connectivity index (χ1v) is 16.1. The fourth-order valence-electron chi connectivity index (χ4n) is 6.57. The van der Waals surface area contributed by atoms with Crippen molar-refractivity contribution >= 4 is 28.6 Å². The second-order valence-corrected chi connectivity index (χ2v) is 12.2. The maximum absolute atomic E-state index is 14.1. The molecule has 0 bridgehead atoms. The zero-order chi connectivity index (χ0) is 33.7. The standard InChI is InChI=1S/C36H43N3O8/c1-6-21-16-23(21)17-29(37-15-14-31(40)46-7-2)33(41)27-18-25(19-28(27)36(42)43)47-35-26-12-13-30(45-5)20(3)32(26)38-34(39-35)22-8-10-24(44-4)11-9-22/h6,8-13,21,23,25,27-29,37H,1,7,14-19H2,2-5H3,(H,42,43)/t21-,23?,25-,27-,28-,29?/m1/s1. The first-order valence-electron chi connectivity index (χ1n) is 16.1. The molecule has 0 spiro atoms. The van der Waals surface area contributed by atoms with Crippen LogP contribution in [-0.2, 0) is 19.1 Å². The van der Waals surface area contributed by atoms with Crippen LogP contribution in [0.3, 0.4) is 0 Å². The normalized spacial score (nSPS) is 22.3. The van der Waals surface area contributed by atoms with Crippen LogP contribution in [0.2, 0.25) is 0 Å². The number of fused-ring (bicyclic) bond motifs is 1. The number of carbonyl (C=O) groups is 3. The summed E-state index contributed by atoms with van der Waals surface area (Å²) in [4.78, 5) is 48.2. The molecule has 0 saturated heterocycles. The second kappa shape index (κ2) is 14.9. The Kier molecular flexibility index (Phi) is 10.8. The number of esters is 1. The van der Waals surface area contributed by atoms with Gasteiger partial charge in [-0.05, 0) is 87.8 Å². The highest BCUT2D eigenvalue weighted by Gasteiger charge is 2.47. The minimum absolute atomic E-state index is 0.119. The molecule has 250 valence electrons. The number of ether oxygens (including phenoxy) is 4. The molecule has 5 rings (SSSR count). The first-order chi connectivity index (χ1) is 22.7. The molecule has 0 aliphatic heterocycles. The van der Waals surface area contributed by atoms with Crippen molar-refractivity contribution in [3.63, 3.8) is 0 Å². The molecule has 2 saturated carbocycles. The average Bonchev–Trinajstić information content (AvgIpc) is 3.70. The van der Waals surface area contributed by atoms with Gasteiger partial charge in [-0.2, -0.15) is 4.98 Å². The maximum atomic E-state index is 14.1. The van der Waals surface area contributed by atoms with E-state index in [0.717, 1.165) is 17.5 Å². The lowest BCUT2D eigenvalue weighted by Crippen LogP contribution is -2.43. The summed E-state index contributed by atoms with van der Waals surface area (Å²) in [6.07, 6.45) is 3.30. The van der Waals surface area contributed by atoms with E-state index in [1.54, 1.807) is 21.1 Å². The van der Waals surface area contributed by atoms with Crippen molar-refractivity contribution in [3.05, 3.63) is 54.6 Å². The van der Waals surface area contributed by atoms with Crippen LogP contribution in [0.1, 0.15) is 44.6 Å². The number of aromatic nitrogens is 2. The summed E-state index contributed by atoms with van der Waals surface area (Å²) < 4.78 is 22.4. The largest absolute Gasteiger partial charge is 0.497 e. The van der Waals surface area contributed by atoms with E-state index in [9.17, 15) is 19.5 Å². The van der Waals surface area contributed by atoms with Crippen molar-refractivity contribution in [1.82, 2.24) is 15.3 Å². The molecule has 2 N–H and O–H groups in total. The van der Waals surface area contributed by atoms with Crippen molar-refractivity contribution < 1.29 is 38.4 Å². The van der Waals surface area contributed by atoms with Gasteiger partial charge >= 0.3 is 11.9 Å². The number of nitrogens with zero attached hydrogens (tertiary/aromatic N) is 2. The predicted molar refractivity (Wildman–Crippen MR) is 176 cm³/mol. The fourth-order valence-corrected chi connectivity index (χ4v) is 6.57. The van der Waals surface area contributed by atoms with E-state index < -0.39 is 30.0 Å². The molecule has 0 amide bonds. The zero-order valence-corrected chi connectivity index (χ0v) is 27.4. The number of ketones is 1. The molecular weight excluding hydrogens is 602 g/mol. The lowest BCUT2D eigenvalue weighted by atomic mass is 9.86. The van der Waals surface area contributed by atoms with E-state index in [1.165, 1.54) is 0 Å². The van der Waals surface area contributed by atoms with Gasteiger partial charge in [0.2, 0.25) is 5.88 Å². The Hall–Kier alpha value is -4.51. The van der Waals surface area contributed by atoms with Crippen LogP contribution < -0.4 is 19.5 Å². The van der Waals surface area contributed by atoms with Crippen molar-refractivity contribution in [2.75, 3.05) is 27.4 Å². The third-order valence-corrected chi connectivity index (χ3v) is 9.27. The minimum Gasteiger partial charge on any atom is -0.497 e. The lowest BCUT2D eigenvalue weighted by molar-refractivity contribution is -0.146. The summed E-state index contributed by atoms with van der Waals surface area (Å²) in [5.74, 6) is -0.533. The molecule has 2 aromatic carbocycles. The quantitative estimate of drug-likeness (QED) is 0.157. The number of benzene rings is 2. The molecule has 2 aliphatic rings. The van der Waals surface area contributed by atoms with Crippen molar-refractivity contribution in [2.24, 2.45) is 23.7 Å². The number of aryl methyl sites for hydroxylation is 1. The van der Waals surface area contributed by atoms with Gasteiger partial charge in [0, 0.05) is 23.6 Å². The lowest BCUT2D eigenvalue weighted by Gasteiger charge is -2.23. The second-order valence-electron chi connectivity index (χ2n) is 12.2. The fraction of sp³-hybridized carbons (Fsp3) is 0.472. The van der Waals surface area contributed by atoms with Gasteiger partial charge in [-0.1, -0.05) is 6.08 Å². The van der Waals surface area contributed by atoms with Crippen molar-refractivity contribution in [3.8, 4) is 28.8 Å². The Morgan fingerprint density at radius 3 is 2.43 bits per heavy atom. The summed E-state index contributed by atoms with van der Waals surface area (Å²) >= 11 is 0. The Morgan fingerprint density at radius 1 is 1.04 bits per heavy atom. The number of nitrogens with one attached hydrogen (secondary N) is 1. The summed E-state index contributed by atoms with van der Waals surface area (Å²) in [5.41, 5.74) is 2.20. The highest BCUT2D eigenvalue weighted by molar-refractivity contribution is 5.91. The molecule has 3 aromatic rings. The van der Waals surface area contributed by atoms with Gasteiger partial charge in [-0.25, -0.2) is 4.98 Å². The van der Waals surface area contributed by atoms with Crippen LogP contribution in [0.5, 0.6) is 17.4 Å². The predicted octanol–water partition coefficient (Wildman–Crippen LogP) is 5.17. The summed E-state index contributed by atoms with van der Waals surface area (Å²) in [6.45, 7) is 8.07. The van der Waals surface area contributed by atoms with Crippen LogP contribution in [0.4, 0.5) is 0 Å². The van der Waals surface area contributed by atoms with Crippen LogP contribution in [0.15, 0.2) is 49.1 Å². The van der Waals surface area contributed by atoms with Gasteiger partial charge in [0.1, 0.15) is 17.6 Å². The monoisotopic (exact) mass is 645 g/mol. The highest BCUT2D eigenvalue weighted by Crippen LogP contribution is 2.44. The molecule has 11 nitrogen and oxygen atoms in total. The number of Topliss-reactive ketones (excluding diaryl/α,β-unsaturated/α-hetero) is 1. The Morgan fingerprint density at radius 2 is 1.79 bits per heavy atom. The number of carboxylic acids is 1. The van der Waals surface area contributed by atoms with Gasteiger partial charge in [0.25, 0.3) is 0 Å². The average molecular weight is 646 g/mol. The third kappa shape index (κ3) is 7.73. The Balaban J connectivity index is 1.41. The molecule has 2 aliphatic carbocycles. The van der Waals surface area contributed by atoms with Crippen LogP contribution in [0.25, 0.3) is 22.3 Å². The first kappa shape index (κ1) is 33.8.